The molecular weight excluding hydrogens is 340 g/mol. The fraction of sp³-hybridized carbons (Fsp3) is 0.125. The normalized spacial score (nSPS) is 11.0. The van der Waals surface area contributed by atoms with E-state index in [-0.39, 0.29) is 18.2 Å². The Hall–Kier alpha value is -2.67. The molecular formula is C16H12ClF2N3O2. The summed E-state index contributed by atoms with van der Waals surface area (Å²) in [5.41, 5.74) is 1.73. The van der Waals surface area contributed by atoms with Gasteiger partial charge in [0.05, 0.1) is 17.3 Å². The van der Waals surface area contributed by atoms with Gasteiger partial charge in [-0.3, -0.25) is 4.79 Å². The summed E-state index contributed by atoms with van der Waals surface area (Å²) in [6.07, 6.45) is 3.48. The molecule has 1 aromatic carbocycles. The van der Waals surface area contributed by atoms with Crippen molar-refractivity contribution in [1.29, 1.82) is 0 Å². The average molecular weight is 352 g/mol. The fourth-order valence-corrected chi connectivity index (χ4v) is 2.33. The van der Waals surface area contributed by atoms with E-state index < -0.39 is 6.61 Å². The maximum absolute atomic E-state index is 12.1. The molecule has 1 amide bonds. The van der Waals surface area contributed by atoms with E-state index in [1.54, 1.807) is 28.9 Å². The number of carbonyl (C=O) groups is 1. The predicted molar refractivity (Wildman–Crippen MR) is 84.4 cm³/mol. The topological polar surface area (TPSA) is 55.6 Å². The van der Waals surface area contributed by atoms with Crippen molar-refractivity contribution in [3.63, 3.8) is 0 Å². The maximum Gasteiger partial charge on any atom is 0.387 e. The number of nitrogens with zero attached hydrogens (tertiary/aromatic N) is 2. The number of ether oxygens (including phenoxy) is 1. The Labute approximate surface area is 140 Å². The molecule has 0 fully saturated rings. The summed E-state index contributed by atoms with van der Waals surface area (Å²) < 4.78 is 30.2. The number of alkyl halides is 2. The van der Waals surface area contributed by atoms with Gasteiger partial charge in [0.25, 0.3) is 5.91 Å². The number of halogens is 3. The summed E-state index contributed by atoms with van der Waals surface area (Å²) in [6, 6.07) is 8.96. The third-order valence-electron chi connectivity index (χ3n) is 3.24. The number of imidazole rings is 1. The minimum atomic E-state index is -2.90. The molecule has 3 rings (SSSR count). The molecule has 0 radical (unpaired) electrons. The summed E-state index contributed by atoms with van der Waals surface area (Å²) in [6.45, 7) is -2.67. The first-order valence-corrected chi connectivity index (χ1v) is 7.35. The second-order valence-electron chi connectivity index (χ2n) is 4.93. The molecule has 0 aliphatic carbocycles. The van der Waals surface area contributed by atoms with Crippen molar-refractivity contribution in [2.45, 2.75) is 13.2 Å². The van der Waals surface area contributed by atoms with E-state index in [1.807, 2.05) is 0 Å². The highest BCUT2D eigenvalue weighted by Gasteiger charge is 2.09. The number of fused-ring (bicyclic) bond motifs is 1. The van der Waals surface area contributed by atoms with Crippen LogP contribution in [-0.2, 0) is 6.54 Å². The zero-order valence-electron chi connectivity index (χ0n) is 12.2. The van der Waals surface area contributed by atoms with E-state index in [2.05, 4.69) is 15.0 Å². The monoisotopic (exact) mass is 351 g/mol. The lowest BCUT2D eigenvalue weighted by Crippen LogP contribution is -2.22. The molecule has 0 bridgehead atoms. The Morgan fingerprint density at radius 2 is 1.96 bits per heavy atom. The number of aromatic nitrogens is 2. The molecule has 0 saturated carbocycles. The molecule has 1 N–H and O–H groups in total. The first kappa shape index (κ1) is 16.2. The van der Waals surface area contributed by atoms with Crippen LogP contribution < -0.4 is 10.1 Å². The van der Waals surface area contributed by atoms with Crippen LogP contribution in [-0.4, -0.2) is 21.9 Å². The smallest absolute Gasteiger partial charge is 0.387 e. The van der Waals surface area contributed by atoms with Gasteiger partial charge in [-0.1, -0.05) is 11.6 Å². The van der Waals surface area contributed by atoms with Crippen molar-refractivity contribution in [2.75, 3.05) is 0 Å². The molecule has 8 heteroatoms. The number of amides is 1. The van der Waals surface area contributed by atoms with Gasteiger partial charge in [0.2, 0.25) is 0 Å². The van der Waals surface area contributed by atoms with Crippen LogP contribution in [0.5, 0.6) is 5.75 Å². The van der Waals surface area contributed by atoms with Crippen LogP contribution in [0.2, 0.25) is 5.02 Å². The summed E-state index contributed by atoms with van der Waals surface area (Å²) in [7, 11) is 0. The standard InChI is InChI=1S/C16H12ClF2N3O2/c17-11-3-6-14-21-12(9-22(14)8-11)7-20-15(23)10-1-4-13(5-2-10)24-16(18)19/h1-6,8-9,16H,7H2,(H,20,23). The Bertz CT molecular complexity index is 865. The van der Waals surface area contributed by atoms with E-state index in [1.165, 1.54) is 24.3 Å². The highest BCUT2D eigenvalue weighted by Crippen LogP contribution is 2.15. The molecule has 3 aromatic rings. The van der Waals surface area contributed by atoms with Gasteiger partial charge in [-0.2, -0.15) is 8.78 Å². The minimum Gasteiger partial charge on any atom is -0.435 e. The third-order valence-corrected chi connectivity index (χ3v) is 3.46. The molecule has 0 unspecified atom stereocenters. The van der Waals surface area contributed by atoms with Crippen LogP contribution in [0, 0.1) is 0 Å². The number of hydrogen-bond acceptors (Lipinski definition) is 3. The Balaban J connectivity index is 1.63. The van der Waals surface area contributed by atoms with E-state index in [9.17, 15) is 13.6 Å². The lowest BCUT2D eigenvalue weighted by atomic mass is 10.2. The highest BCUT2D eigenvalue weighted by atomic mass is 35.5. The van der Waals surface area contributed by atoms with Crippen LogP contribution in [0.3, 0.4) is 0 Å². The number of benzene rings is 1. The van der Waals surface area contributed by atoms with E-state index >= 15 is 0 Å². The van der Waals surface area contributed by atoms with Crippen molar-refractivity contribution in [1.82, 2.24) is 14.7 Å². The van der Waals surface area contributed by atoms with Crippen LogP contribution in [0.4, 0.5) is 8.78 Å². The van der Waals surface area contributed by atoms with Gasteiger partial charge in [-0.15, -0.1) is 0 Å². The molecule has 124 valence electrons. The lowest BCUT2D eigenvalue weighted by Gasteiger charge is -2.06. The van der Waals surface area contributed by atoms with E-state index in [4.69, 9.17) is 11.6 Å². The van der Waals surface area contributed by atoms with Gasteiger partial charge in [-0.25, -0.2) is 4.98 Å². The summed E-state index contributed by atoms with van der Waals surface area (Å²) in [4.78, 5) is 16.4. The van der Waals surface area contributed by atoms with Crippen molar-refractivity contribution >= 4 is 23.2 Å². The van der Waals surface area contributed by atoms with E-state index in [0.717, 1.165) is 5.65 Å². The van der Waals surface area contributed by atoms with Gasteiger partial charge >= 0.3 is 6.61 Å². The van der Waals surface area contributed by atoms with Crippen LogP contribution in [0.15, 0.2) is 48.8 Å². The maximum atomic E-state index is 12.1. The fourth-order valence-electron chi connectivity index (χ4n) is 2.16. The van der Waals surface area contributed by atoms with Crippen LogP contribution in [0.25, 0.3) is 5.65 Å². The first-order chi connectivity index (χ1) is 11.5. The Morgan fingerprint density at radius 1 is 1.21 bits per heavy atom. The second-order valence-corrected chi connectivity index (χ2v) is 5.37. The van der Waals surface area contributed by atoms with Crippen molar-refractivity contribution in [3.05, 3.63) is 65.1 Å². The first-order valence-electron chi connectivity index (χ1n) is 6.97. The van der Waals surface area contributed by atoms with Crippen molar-refractivity contribution in [2.24, 2.45) is 0 Å². The number of pyridine rings is 1. The van der Waals surface area contributed by atoms with Gasteiger partial charge in [-0.05, 0) is 36.4 Å². The highest BCUT2D eigenvalue weighted by molar-refractivity contribution is 6.30. The summed E-state index contributed by atoms with van der Waals surface area (Å²) in [5, 5.41) is 3.30. The second kappa shape index (κ2) is 6.84. The zero-order chi connectivity index (χ0) is 17.1. The van der Waals surface area contributed by atoms with Gasteiger partial charge in [0, 0.05) is 18.0 Å². The molecule has 2 aromatic heterocycles. The van der Waals surface area contributed by atoms with E-state index in [0.29, 0.717) is 16.3 Å². The predicted octanol–water partition coefficient (Wildman–Crippen LogP) is 3.52. The molecule has 24 heavy (non-hydrogen) atoms. The van der Waals surface area contributed by atoms with Crippen LogP contribution in [0.1, 0.15) is 16.1 Å². The molecule has 0 spiro atoms. The molecule has 2 heterocycles. The van der Waals surface area contributed by atoms with Crippen LogP contribution >= 0.6 is 11.6 Å². The molecule has 0 atom stereocenters. The van der Waals surface area contributed by atoms with Gasteiger partial charge in [0.15, 0.2) is 0 Å². The SMILES string of the molecule is O=C(NCc1cn2cc(Cl)ccc2n1)c1ccc(OC(F)F)cc1. The quantitative estimate of drug-likeness (QED) is 0.765. The largest absolute Gasteiger partial charge is 0.435 e. The van der Waals surface area contributed by atoms with Gasteiger partial charge < -0.3 is 14.5 Å². The average Bonchev–Trinajstić information content (AvgIpc) is 2.94. The lowest BCUT2D eigenvalue weighted by molar-refractivity contribution is -0.0498. The third kappa shape index (κ3) is 3.80. The molecule has 0 aliphatic heterocycles. The molecule has 0 aliphatic rings. The number of nitrogens with one attached hydrogen (secondary N) is 1. The van der Waals surface area contributed by atoms with Crippen molar-refractivity contribution < 1.29 is 18.3 Å². The van der Waals surface area contributed by atoms with Gasteiger partial charge in [0.1, 0.15) is 11.4 Å². The Kier molecular flexibility index (Phi) is 4.61. The zero-order valence-corrected chi connectivity index (χ0v) is 13.0. The summed E-state index contributed by atoms with van der Waals surface area (Å²) in [5.74, 6) is -0.340. The minimum absolute atomic E-state index is 0.00113. The molecule has 0 saturated heterocycles. The number of rotatable bonds is 5. The Morgan fingerprint density at radius 3 is 2.67 bits per heavy atom. The number of carbonyl (C=O) groups excluding carboxylic acids is 1. The summed E-state index contributed by atoms with van der Waals surface area (Å²) >= 11 is 5.90. The van der Waals surface area contributed by atoms with Crippen molar-refractivity contribution in [3.8, 4) is 5.75 Å². The molecule has 5 nitrogen and oxygen atoms in total. The number of hydrogen-bond donors (Lipinski definition) is 1.